The molecule has 0 aromatic heterocycles. The molecular formula is C12H19BrN2S. The van der Waals surface area contributed by atoms with Gasteiger partial charge in [0.1, 0.15) is 0 Å². The van der Waals surface area contributed by atoms with Gasteiger partial charge in [0.15, 0.2) is 0 Å². The van der Waals surface area contributed by atoms with Gasteiger partial charge in [0.05, 0.1) is 11.4 Å². The van der Waals surface area contributed by atoms with E-state index in [9.17, 15) is 0 Å². The lowest BCUT2D eigenvalue weighted by Gasteiger charge is -2.16. The van der Waals surface area contributed by atoms with E-state index < -0.39 is 0 Å². The van der Waals surface area contributed by atoms with Gasteiger partial charge in [0.25, 0.3) is 0 Å². The molecule has 0 heterocycles. The van der Waals surface area contributed by atoms with Crippen LogP contribution in [0.2, 0.25) is 0 Å². The van der Waals surface area contributed by atoms with Crippen LogP contribution in [0.1, 0.15) is 20.3 Å². The summed E-state index contributed by atoms with van der Waals surface area (Å²) >= 11 is 5.42. The Morgan fingerprint density at radius 3 is 2.94 bits per heavy atom. The highest BCUT2D eigenvalue weighted by atomic mass is 79.9. The number of hydrogen-bond donors (Lipinski definition) is 2. The average Bonchev–Trinajstić information content (AvgIpc) is 2.24. The van der Waals surface area contributed by atoms with E-state index in [1.807, 2.05) is 30.0 Å². The number of nitrogens with one attached hydrogen (secondary N) is 1. The van der Waals surface area contributed by atoms with Crippen LogP contribution < -0.4 is 11.1 Å². The SMILES string of the molecule is CCSCCC(C)Nc1cc(Br)ccc1N. The number of nitrogens with two attached hydrogens (primary N) is 1. The smallest absolute Gasteiger partial charge is 0.0587 e. The molecule has 90 valence electrons. The van der Waals surface area contributed by atoms with Gasteiger partial charge in [-0.3, -0.25) is 0 Å². The Morgan fingerprint density at radius 1 is 1.50 bits per heavy atom. The highest BCUT2D eigenvalue weighted by molar-refractivity contribution is 9.10. The van der Waals surface area contributed by atoms with Crippen molar-refractivity contribution in [2.75, 3.05) is 22.6 Å². The van der Waals surface area contributed by atoms with Crippen LogP contribution >= 0.6 is 27.7 Å². The number of anilines is 2. The minimum absolute atomic E-state index is 0.454. The van der Waals surface area contributed by atoms with Crippen molar-refractivity contribution < 1.29 is 0 Å². The van der Waals surface area contributed by atoms with E-state index in [1.54, 1.807) is 0 Å². The molecule has 4 heteroatoms. The number of benzene rings is 1. The molecule has 0 bridgehead atoms. The Balaban J connectivity index is 2.48. The summed E-state index contributed by atoms with van der Waals surface area (Å²) in [5, 5.41) is 3.44. The summed E-state index contributed by atoms with van der Waals surface area (Å²) < 4.78 is 1.05. The molecule has 0 saturated carbocycles. The zero-order chi connectivity index (χ0) is 12.0. The summed E-state index contributed by atoms with van der Waals surface area (Å²) in [4.78, 5) is 0. The van der Waals surface area contributed by atoms with Crippen molar-refractivity contribution >= 4 is 39.1 Å². The van der Waals surface area contributed by atoms with Gasteiger partial charge in [0.2, 0.25) is 0 Å². The lowest BCUT2D eigenvalue weighted by molar-refractivity contribution is 0.772. The predicted octanol–water partition coefficient (Wildman–Crippen LogP) is 3.97. The molecular weight excluding hydrogens is 284 g/mol. The number of rotatable bonds is 6. The van der Waals surface area contributed by atoms with Gasteiger partial charge in [-0.2, -0.15) is 11.8 Å². The van der Waals surface area contributed by atoms with E-state index >= 15 is 0 Å². The molecule has 0 saturated heterocycles. The Kier molecular flexibility index (Phi) is 6.06. The van der Waals surface area contributed by atoms with Crippen molar-refractivity contribution in [1.82, 2.24) is 0 Å². The van der Waals surface area contributed by atoms with Crippen LogP contribution in [0.3, 0.4) is 0 Å². The molecule has 0 radical (unpaired) electrons. The minimum atomic E-state index is 0.454. The summed E-state index contributed by atoms with van der Waals surface area (Å²) in [5.74, 6) is 2.38. The fourth-order valence-electron chi connectivity index (χ4n) is 1.40. The summed E-state index contributed by atoms with van der Waals surface area (Å²) in [6.45, 7) is 4.38. The first-order chi connectivity index (χ1) is 7.63. The average molecular weight is 303 g/mol. The van der Waals surface area contributed by atoms with Crippen molar-refractivity contribution in [3.05, 3.63) is 22.7 Å². The largest absolute Gasteiger partial charge is 0.397 e. The molecule has 2 nitrogen and oxygen atoms in total. The van der Waals surface area contributed by atoms with Crippen molar-refractivity contribution in [2.45, 2.75) is 26.3 Å². The zero-order valence-corrected chi connectivity index (χ0v) is 12.2. The van der Waals surface area contributed by atoms with Gasteiger partial charge in [-0.25, -0.2) is 0 Å². The van der Waals surface area contributed by atoms with Crippen molar-refractivity contribution in [3.63, 3.8) is 0 Å². The quantitative estimate of drug-likeness (QED) is 0.617. The third-order valence-corrected chi connectivity index (χ3v) is 3.74. The van der Waals surface area contributed by atoms with E-state index in [1.165, 1.54) is 11.5 Å². The van der Waals surface area contributed by atoms with Crippen LogP contribution in [0.5, 0.6) is 0 Å². The topological polar surface area (TPSA) is 38.0 Å². The molecule has 1 aromatic rings. The standard InChI is InChI=1S/C12H19BrN2S/c1-3-16-7-6-9(2)15-12-8-10(13)4-5-11(12)14/h4-5,8-9,15H,3,6-7,14H2,1-2H3. The normalized spacial score (nSPS) is 12.4. The lowest BCUT2D eigenvalue weighted by atomic mass is 10.2. The molecule has 0 fully saturated rings. The van der Waals surface area contributed by atoms with Crippen LogP contribution in [0.4, 0.5) is 11.4 Å². The molecule has 1 rings (SSSR count). The first-order valence-corrected chi connectivity index (χ1v) is 7.47. The summed E-state index contributed by atoms with van der Waals surface area (Å²) in [5.41, 5.74) is 7.72. The zero-order valence-electron chi connectivity index (χ0n) is 9.79. The Bertz CT molecular complexity index is 331. The van der Waals surface area contributed by atoms with E-state index in [0.29, 0.717) is 6.04 Å². The second kappa shape index (κ2) is 7.07. The van der Waals surface area contributed by atoms with E-state index in [-0.39, 0.29) is 0 Å². The summed E-state index contributed by atoms with van der Waals surface area (Å²) in [7, 11) is 0. The Labute approximate surface area is 111 Å². The molecule has 3 N–H and O–H groups in total. The fourth-order valence-corrected chi connectivity index (χ4v) is 2.57. The summed E-state index contributed by atoms with van der Waals surface area (Å²) in [6, 6.07) is 6.35. The van der Waals surface area contributed by atoms with Gasteiger partial charge in [-0.1, -0.05) is 22.9 Å². The monoisotopic (exact) mass is 302 g/mol. The first kappa shape index (κ1) is 13.7. The first-order valence-electron chi connectivity index (χ1n) is 5.52. The van der Waals surface area contributed by atoms with Crippen LogP contribution in [-0.2, 0) is 0 Å². The minimum Gasteiger partial charge on any atom is -0.397 e. The fraction of sp³-hybridized carbons (Fsp3) is 0.500. The third-order valence-electron chi connectivity index (χ3n) is 2.32. The number of hydrogen-bond acceptors (Lipinski definition) is 3. The van der Waals surface area contributed by atoms with Crippen LogP contribution in [0.15, 0.2) is 22.7 Å². The molecule has 1 atom stereocenters. The van der Waals surface area contributed by atoms with E-state index in [2.05, 4.69) is 35.1 Å². The van der Waals surface area contributed by atoms with E-state index in [4.69, 9.17) is 5.73 Å². The van der Waals surface area contributed by atoms with E-state index in [0.717, 1.165) is 22.3 Å². The summed E-state index contributed by atoms with van der Waals surface area (Å²) in [6.07, 6.45) is 1.16. The number of nitrogen functional groups attached to an aromatic ring is 1. The van der Waals surface area contributed by atoms with Gasteiger partial charge >= 0.3 is 0 Å². The van der Waals surface area contributed by atoms with Gasteiger partial charge in [0, 0.05) is 10.5 Å². The highest BCUT2D eigenvalue weighted by Crippen LogP contribution is 2.24. The third kappa shape index (κ3) is 4.66. The predicted molar refractivity (Wildman–Crippen MR) is 79.3 cm³/mol. The van der Waals surface area contributed by atoms with Crippen LogP contribution in [0, 0.1) is 0 Å². The molecule has 0 aliphatic heterocycles. The number of halogens is 1. The van der Waals surface area contributed by atoms with Gasteiger partial charge < -0.3 is 11.1 Å². The van der Waals surface area contributed by atoms with Crippen LogP contribution in [-0.4, -0.2) is 17.5 Å². The molecule has 0 aliphatic carbocycles. The molecule has 0 spiro atoms. The van der Waals surface area contributed by atoms with Gasteiger partial charge in [-0.15, -0.1) is 0 Å². The Morgan fingerprint density at radius 2 is 2.25 bits per heavy atom. The lowest BCUT2D eigenvalue weighted by Crippen LogP contribution is -2.17. The van der Waals surface area contributed by atoms with Crippen molar-refractivity contribution in [3.8, 4) is 0 Å². The van der Waals surface area contributed by atoms with Gasteiger partial charge in [-0.05, 0) is 43.0 Å². The second-order valence-corrected chi connectivity index (χ2v) is 6.07. The maximum atomic E-state index is 5.90. The molecule has 16 heavy (non-hydrogen) atoms. The highest BCUT2D eigenvalue weighted by Gasteiger charge is 2.05. The molecule has 1 aromatic carbocycles. The maximum absolute atomic E-state index is 5.90. The molecule has 0 amide bonds. The Hall–Kier alpha value is -0.350. The second-order valence-electron chi connectivity index (χ2n) is 3.76. The van der Waals surface area contributed by atoms with Crippen molar-refractivity contribution in [1.29, 1.82) is 0 Å². The number of thioether (sulfide) groups is 1. The van der Waals surface area contributed by atoms with Crippen LogP contribution in [0.25, 0.3) is 0 Å². The molecule has 0 aliphatic rings. The maximum Gasteiger partial charge on any atom is 0.0587 e. The van der Waals surface area contributed by atoms with Crippen molar-refractivity contribution in [2.24, 2.45) is 0 Å². The molecule has 1 unspecified atom stereocenters.